The van der Waals surface area contributed by atoms with Crippen molar-refractivity contribution in [1.82, 2.24) is 9.97 Å². The standard InChI is InChI=1S/C8H11IN2O3/c1-13-7-5(6(12)3-9)4-10-8(11-7)14-2/h4,6,12H,3H2,1-2H3. The smallest absolute Gasteiger partial charge is 0.319 e. The third kappa shape index (κ3) is 2.44. The van der Waals surface area contributed by atoms with Crippen LogP contribution in [0.4, 0.5) is 0 Å². The number of nitrogens with zero attached hydrogens (tertiary/aromatic N) is 2. The van der Waals surface area contributed by atoms with Gasteiger partial charge in [0.25, 0.3) is 0 Å². The Bertz CT molecular complexity index is 309. The quantitative estimate of drug-likeness (QED) is 0.663. The van der Waals surface area contributed by atoms with E-state index in [0.717, 1.165) is 0 Å². The highest BCUT2D eigenvalue weighted by atomic mass is 127. The fraction of sp³-hybridized carbons (Fsp3) is 0.500. The van der Waals surface area contributed by atoms with Crippen LogP contribution in [0.15, 0.2) is 6.20 Å². The SMILES string of the molecule is COc1ncc(C(O)CI)c(OC)n1. The van der Waals surface area contributed by atoms with E-state index in [9.17, 15) is 5.11 Å². The van der Waals surface area contributed by atoms with Crippen molar-refractivity contribution in [3.05, 3.63) is 11.8 Å². The summed E-state index contributed by atoms with van der Waals surface area (Å²) in [5.74, 6) is 0.348. The van der Waals surface area contributed by atoms with Gasteiger partial charge in [0.05, 0.1) is 25.9 Å². The molecule has 0 bridgehead atoms. The van der Waals surface area contributed by atoms with Crippen LogP contribution in [0.1, 0.15) is 11.7 Å². The highest BCUT2D eigenvalue weighted by molar-refractivity contribution is 14.1. The second-order valence-corrected chi connectivity index (χ2v) is 3.37. The predicted octanol–water partition coefficient (Wildman–Crippen LogP) is 0.962. The molecule has 1 rings (SSSR count). The van der Waals surface area contributed by atoms with Gasteiger partial charge in [-0.3, -0.25) is 0 Å². The minimum Gasteiger partial charge on any atom is -0.481 e. The lowest BCUT2D eigenvalue weighted by molar-refractivity contribution is 0.199. The largest absolute Gasteiger partial charge is 0.481 e. The third-order valence-corrected chi connectivity index (χ3v) is 2.47. The van der Waals surface area contributed by atoms with Gasteiger partial charge in [-0.25, -0.2) is 4.98 Å². The van der Waals surface area contributed by atoms with Crippen LogP contribution in [0.3, 0.4) is 0 Å². The molecule has 0 saturated carbocycles. The van der Waals surface area contributed by atoms with Crippen molar-refractivity contribution in [2.24, 2.45) is 0 Å². The average Bonchev–Trinajstić information content (AvgIpc) is 2.27. The molecule has 0 aliphatic rings. The minimum atomic E-state index is -0.614. The van der Waals surface area contributed by atoms with Crippen LogP contribution in [-0.4, -0.2) is 33.7 Å². The van der Waals surface area contributed by atoms with E-state index in [2.05, 4.69) is 32.6 Å². The van der Waals surface area contributed by atoms with E-state index in [4.69, 9.17) is 9.47 Å². The van der Waals surface area contributed by atoms with Crippen molar-refractivity contribution in [1.29, 1.82) is 0 Å². The lowest BCUT2D eigenvalue weighted by Gasteiger charge is -2.11. The molecule has 0 fully saturated rings. The Morgan fingerprint density at radius 2 is 2.21 bits per heavy atom. The molecule has 0 saturated heterocycles. The fourth-order valence-electron chi connectivity index (χ4n) is 0.934. The number of hydrogen-bond donors (Lipinski definition) is 1. The number of halogens is 1. The first-order chi connectivity index (χ1) is 6.72. The highest BCUT2D eigenvalue weighted by Gasteiger charge is 2.15. The molecule has 0 radical (unpaired) electrons. The Kier molecular flexibility index (Phi) is 4.33. The Morgan fingerprint density at radius 1 is 1.50 bits per heavy atom. The molecule has 0 amide bonds. The second-order valence-electron chi connectivity index (χ2n) is 2.49. The second kappa shape index (κ2) is 5.30. The predicted molar refractivity (Wildman–Crippen MR) is 59.0 cm³/mol. The van der Waals surface area contributed by atoms with Crippen molar-refractivity contribution in [3.63, 3.8) is 0 Å². The molecule has 1 heterocycles. The van der Waals surface area contributed by atoms with Crippen molar-refractivity contribution in [2.45, 2.75) is 6.10 Å². The van der Waals surface area contributed by atoms with E-state index in [-0.39, 0.29) is 6.01 Å². The van der Waals surface area contributed by atoms with Gasteiger partial charge in [0.15, 0.2) is 0 Å². The summed E-state index contributed by atoms with van der Waals surface area (Å²) in [7, 11) is 2.97. The van der Waals surface area contributed by atoms with Crippen molar-refractivity contribution >= 4 is 22.6 Å². The number of hydrogen-bond acceptors (Lipinski definition) is 5. The van der Waals surface area contributed by atoms with Crippen LogP contribution in [0, 0.1) is 0 Å². The summed E-state index contributed by atoms with van der Waals surface area (Å²) in [6, 6.07) is 0.228. The summed E-state index contributed by atoms with van der Waals surface area (Å²) in [4.78, 5) is 7.86. The lowest BCUT2D eigenvalue weighted by Crippen LogP contribution is -2.05. The van der Waals surface area contributed by atoms with Crippen molar-refractivity contribution < 1.29 is 14.6 Å². The molecule has 78 valence electrons. The molecule has 1 N–H and O–H groups in total. The van der Waals surface area contributed by atoms with Gasteiger partial charge < -0.3 is 14.6 Å². The summed E-state index contributed by atoms with van der Waals surface area (Å²) in [6.07, 6.45) is 0.894. The molecule has 0 spiro atoms. The maximum atomic E-state index is 9.60. The Hall–Kier alpha value is -0.630. The van der Waals surface area contributed by atoms with Crippen LogP contribution < -0.4 is 9.47 Å². The Morgan fingerprint density at radius 3 is 2.71 bits per heavy atom. The molecular formula is C8H11IN2O3. The number of rotatable bonds is 4. The van der Waals surface area contributed by atoms with Gasteiger partial charge in [0, 0.05) is 10.6 Å². The fourth-order valence-corrected chi connectivity index (χ4v) is 1.41. The molecule has 5 nitrogen and oxygen atoms in total. The zero-order chi connectivity index (χ0) is 10.6. The summed E-state index contributed by atoms with van der Waals surface area (Å²) in [6.45, 7) is 0. The maximum Gasteiger partial charge on any atom is 0.319 e. The number of aliphatic hydroxyl groups excluding tert-OH is 1. The number of aromatic nitrogens is 2. The zero-order valence-corrected chi connectivity index (χ0v) is 10.1. The van der Waals surface area contributed by atoms with Crippen LogP contribution in [0.25, 0.3) is 0 Å². The summed E-state index contributed by atoms with van der Waals surface area (Å²) < 4.78 is 10.4. The minimum absolute atomic E-state index is 0.228. The normalized spacial score (nSPS) is 12.3. The number of ether oxygens (including phenoxy) is 2. The number of alkyl halides is 1. The maximum absolute atomic E-state index is 9.60. The van der Waals surface area contributed by atoms with E-state index in [0.29, 0.717) is 15.9 Å². The Labute approximate surface area is 95.6 Å². The summed E-state index contributed by atoms with van der Waals surface area (Å²) in [5, 5.41) is 9.60. The van der Waals surface area contributed by atoms with E-state index >= 15 is 0 Å². The number of aliphatic hydroxyl groups is 1. The zero-order valence-electron chi connectivity index (χ0n) is 7.90. The van der Waals surface area contributed by atoms with E-state index in [1.165, 1.54) is 20.4 Å². The monoisotopic (exact) mass is 310 g/mol. The van der Waals surface area contributed by atoms with Crippen LogP contribution in [0.2, 0.25) is 0 Å². The van der Waals surface area contributed by atoms with Crippen LogP contribution in [0.5, 0.6) is 11.9 Å². The molecule has 0 aliphatic heterocycles. The van der Waals surface area contributed by atoms with Gasteiger partial charge in [-0.15, -0.1) is 0 Å². The molecule has 1 atom stereocenters. The number of methoxy groups -OCH3 is 2. The summed E-state index contributed by atoms with van der Waals surface area (Å²) >= 11 is 2.08. The first kappa shape index (κ1) is 11.4. The van der Waals surface area contributed by atoms with Crippen molar-refractivity contribution in [2.75, 3.05) is 18.6 Å². The lowest BCUT2D eigenvalue weighted by atomic mass is 10.2. The molecule has 14 heavy (non-hydrogen) atoms. The van der Waals surface area contributed by atoms with Gasteiger partial charge in [-0.1, -0.05) is 22.6 Å². The topological polar surface area (TPSA) is 64.5 Å². The molecule has 0 aliphatic carbocycles. The Balaban J connectivity index is 3.04. The molecule has 6 heteroatoms. The van der Waals surface area contributed by atoms with Gasteiger partial charge >= 0.3 is 6.01 Å². The highest BCUT2D eigenvalue weighted by Crippen LogP contribution is 2.24. The van der Waals surface area contributed by atoms with Gasteiger partial charge in [0.1, 0.15) is 0 Å². The van der Waals surface area contributed by atoms with E-state index in [1.54, 1.807) is 0 Å². The molecular weight excluding hydrogens is 299 g/mol. The van der Waals surface area contributed by atoms with Crippen molar-refractivity contribution in [3.8, 4) is 11.9 Å². The van der Waals surface area contributed by atoms with Gasteiger partial charge in [-0.2, -0.15) is 4.98 Å². The first-order valence-electron chi connectivity index (χ1n) is 3.91. The molecule has 1 aromatic rings. The van der Waals surface area contributed by atoms with E-state index in [1.807, 2.05) is 0 Å². The van der Waals surface area contributed by atoms with Gasteiger partial charge in [-0.05, 0) is 0 Å². The van der Waals surface area contributed by atoms with Crippen LogP contribution in [-0.2, 0) is 0 Å². The third-order valence-electron chi connectivity index (χ3n) is 1.64. The summed E-state index contributed by atoms with van der Waals surface area (Å²) in [5.41, 5.74) is 0.572. The average molecular weight is 310 g/mol. The van der Waals surface area contributed by atoms with E-state index < -0.39 is 6.10 Å². The molecule has 0 aromatic carbocycles. The molecule has 1 unspecified atom stereocenters. The van der Waals surface area contributed by atoms with Crippen LogP contribution >= 0.6 is 22.6 Å². The first-order valence-corrected chi connectivity index (χ1v) is 5.44. The molecule has 1 aromatic heterocycles. The van der Waals surface area contributed by atoms with Gasteiger partial charge in [0.2, 0.25) is 5.88 Å².